The Morgan fingerprint density at radius 1 is 0.810 bits per heavy atom. The quantitative estimate of drug-likeness (QED) is 0.828. The number of ether oxygens (including phenoxy) is 4. The summed E-state index contributed by atoms with van der Waals surface area (Å²) >= 11 is 0. The van der Waals surface area contributed by atoms with Gasteiger partial charge in [-0.3, -0.25) is 0 Å². The number of anilines is 1. The number of hydrogen-bond acceptors (Lipinski definition) is 5. The molecule has 0 fully saturated rings. The molecule has 0 saturated carbocycles. The van der Waals surface area contributed by atoms with Gasteiger partial charge in [-0.1, -0.05) is 6.07 Å². The van der Waals surface area contributed by atoms with Crippen LogP contribution in [0.15, 0.2) is 36.4 Å². The fraction of sp³-hybridized carbons (Fsp3) is 0.250. The van der Waals surface area contributed by atoms with Gasteiger partial charge in [-0.2, -0.15) is 0 Å². The maximum absolute atomic E-state index is 5.87. The van der Waals surface area contributed by atoms with Crippen molar-refractivity contribution in [2.45, 2.75) is 6.61 Å². The molecule has 0 aliphatic heterocycles. The smallest absolute Gasteiger partial charge is 0.141 e. The molecule has 0 atom stereocenters. The molecule has 2 rings (SSSR count). The van der Waals surface area contributed by atoms with Crippen molar-refractivity contribution in [2.75, 3.05) is 27.1 Å². The summed E-state index contributed by atoms with van der Waals surface area (Å²) in [7, 11) is 4.79. The summed E-state index contributed by atoms with van der Waals surface area (Å²) in [6, 6.07) is 11.0. The lowest BCUT2D eigenvalue weighted by atomic mass is 10.2. The van der Waals surface area contributed by atoms with E-state index in [9.17, 15) is 0 Å². The van der Waals surface area contributed by atoms with Gasteiger partial charge in [0.05, 0.1) is 27.0 Å². The molecular weight excluding hydrogens is 270 g/mol. The number of nitrogens with two attached hydrogens (primary N) is 1. The van der Waals surface area contributed by atoms with Gasteiger partial charge in [0.2, 0.25) is 0 Å². The second-order valence-electron chi connectivity index (χ2n) is 4.41. The summed E-state index contributed by atoms with van der Waals surface area (Å²) in [5.74, 6) is 2.68. The van der Waals surface area contributed by atoms with E-state index in [2.05, 4.69) is 0 Å². The van der Waals surface area contributed by atoms with Crippen molar-refractivity contribution in [1.82, 2.24) is 0 Å². The Kier molecular flexibility index (Phi) is 4.77. The average Bonchev–Trinajstić information content (AvgIpc) is 2.52. The minimum absolute atomic E-state index is 0.393. The van der Waals surface area contributed by atoms with Crippen LogP contribution >= 0.6 is 0 Å². The van der Waals surface area contributed by atoms with Gasteiger partial charge in [0.25, 0.3) is 0 Å². The largest absolute Gasteiger partial charge is 0.496 e. The van der Waals surface area contributed by atoms with E-state index in [4.69, 9.17) is 24.7 Å². The van der Waals surface area contributed by atoms with Crippen LogP contribution in [0.4, 0.5) is 5.69 Å². The number of rotatable bonds is 6. The third kappa shape index (κ3) is 3.72. The van der Waals surface area contributed by atoms with Crippen LogP contribution in [-0.4, -0.2) is 21.3 Å². The van der Waals surface area contributed by atoms with Gasteiger partial charge >= 0.3 is 0 Å². The number of methoxy groups -OCH3 is 3. The highest BCUT2D eigenvalue weighted by Gasteiger charge is 2.05. The molecule has 2 aromatic carbocycles. The summed E-state index contributed by atoms with van der Waals surface area (Å²) in [5, 5.41) is 0. The Balaban J connectivity index is 2.10. The SMILES string of the molecule is COc1cc(OC)cc(OCc2ccc(OC)c(N)c2)c1. The lowest BCUT2D eigenvalue weighted by Gasteiger charge is -2.11. The number of hydrogen-bond donors (Lipinski definition) is 1. The van der Waals surface area contributed by atoms with E-state index in [1.807, 2.05) is 18.2 Å². The number of benzene rings is 2. The molecule has 0 unspecified atom stereocenters. The highest BCUT2D eigenvalue weighted by atomic mass is 16.5. The maximum atomic E-state index is 5.87. The average molecular weight is 289 g/mol. The van der Waals surface area contributed by atoms with Crippen molar-refractivity contribution >= 4 is 5.69 Å². The molecule has 0 heterocycles. The molecule has 112 valence electrons. The minimum Gasteiger partial charge on any atom is -0.496 e. The molecule has 5 heteroatoms. The van der Waals surface area contributed by atoms with Crippen LogP contribution in [0, 0.1) is 0 Å². The first kappa shape index (κ1) is 14.8. The van der Waals surface area contributed by atoms with Crippen LogP contribution in [0.5, 0.6) is 23.0 Å². The fourth-order valence-corrected chi connectivity index (χ4v) is 1.90. The van der Waals surface area contributed by atoms with Gasteiger partial charge in [-0.25, -0.2) is 0 Å². The van der Waals surface area contributed by atoms with Crippen molar-refractivity contribution in [3.05, 3.63) is 42.0 Å². The zero-order chi connectivity index (χ0) is 15.2. The molecule has 0 saturated heterocycles. The summed E-state index contributed by atoms with van der Waals surface area (Å²) in [5.41, 5.74) is 7.41. The van der Waals surface area contributed by atoms with E-state index in [1.54, 1.807) is 39.5 Å². The van der Waals surface area contributed by atoms with Crippen LogP contribution in [0.2, 0.25) is 0 Å². The van der Waals surface area contributed by atoms with E-state index in [1.165, 1.54) is 0 Å². The molecule has 0 aliphatic carbocycles. The van der Waals surface area contributed by atoms with Gasteiger partial charge in [0.15, 0.2) is 0 Å². The van der Waals surface area contributed by atoms with Crippen LogP contribution in [-0.2, 0) is 6.61 Å². The number of nitrogen functional groups attached to an aromatic ring is 1. The third-order valence-electron chi connectivity index (χ3n) is 3.02. The predicted molar refractivity (Wildman–Crippen MR) is 81.3 cm³/mol. The summed E-state index contributed by atoms with van der Waals surface area (Å²) < 4.78 is 21.3. The lowest BCUT2D eigenvalue weighted by Crippen LogP contribution is -1.99. The van der Waals surface area contributed by atoms with E-state index < -0.39 is 0 Å². The first-order chi connectivity index (χ1) is 10.2. The zero-order valence-corrected chi connectivity index (χ0v) is 12.4. The third-order valence-corrected chi connectivity index (χ3v) is 3.02. The lowest BCUT2D eigenvalue weighted by molar-refractivity contribution is 0.300. The molecule has 5 nitrogen and oxygen atoms in total. The van der Waals surface area contributed by atoms with E-state index in [-0.39, 0.29) is 0 Å². The van der Waals surface area contributed by atoms with Crippen LogP contribution < -0.4 is 24.7 Å². The van der Waals surface area contributed by atoms with Crippen molar-refractivity contribution in [3.8, 4) is 23.0 Å². The van der Waals surface area contributed by atoms with Crippen LogP contribution in [0.3, 0.4) is 0 Å². The summed E-state index contributed by atoms with van der Waals surface area (Å²) in [6.45, 7) is 0.393. The molecule has 0 radical (unpaired) electrons. The van der Waals surface area contributed by atoms with Gasteiger partial charge in [0, 0.05) is 18.2 Å². The van der Waals surface area contributed by atoms with E-state index >= 15 is 0 Å². The molecule has 21 heavy (non-hydrogen) atoms. The molecule has 2 aromatic rings. The van der Waals surface area contributed by atoms with Gasteiger partial charge in [-0.05, 0) is 17.7 Å². The predicted octanol–water partition coefficient (Wildman–Crippen LogP) is 2.87. The molecule has 0 amide bonds. The van der Waals surface area contributed by atoms with Gasteiger partial charge in [-0.15, -0.1) is 0 Å². The Morgan fingerprint density at radius 2 is 1.43 bits per heavy atom. The fourth-order valence-electron chi connectivity index (χ4n) is 1.90. The second-order valence-corrected chi connectivity index (χ2v) is 4.41. The normalized spacial score (nSPS) is 10.0. The molecular formula is C16H19NO4. The second kappa shape index (κ2) is 6.74. The Morgan fingerprint density at radius 3 is 1.95 bits per heavy atom. The molecule has 0 bridgehead atoms. The van der Waals surface area contributed by atoms with Crippen molar-refractivity contribution in [2.24, 2.45) is 0 Å². The monoisotopic (exact) mass is 289 g/mol. The summed E-state index contributed by atoms with van der Waals surface area (Å²) in [6.07, 6.45) is 0. The molecule has 0 aromatic heterocycles. The highest BCUT2D eigenvalue weighted by Crippen LogP contribution is 2.28. The Hall–Kier alpha value is -2.56. The summed E-state index contributed by atoms with van der Waals surface area (Å²) in [4.78, 5) is 0. The molecule has 0 spiro atoms. The maximum Gasteiger partial charge on any atom is 0.141 e. The highest BCUT2D eigenvalue weighted by molar-refractivity contribution is 5.54. The Labute approximate surface area is 124 Å². The van der Waals surface area contributed by atoms with Crippen molar-refractivity contribution in [1.29, 1.82) is 0 Å². The zero-order valence-electron chi connectivity index (χ0n) is 12.4. The van der Waals surface area contributed by atoms with E-state index in [0.29, 0.717) is 35.3 Å². The molecule has 2 N–H and O–H groups in total. The first-order valence-corrected chi connectivity index (χ1v) is 6.44. The topological polar surface area (TPSA) is 62.9 Å². The standard InChI is InChI=1S/C16H19NO4/c1-18-12-7-13(19-2)9-14(8-12)21-10-11-4-5-16(20-3)15(17)6-11/h4-9H,10,17H2,1-3H3. The molecule has 0 aliphatic rings. The van der Waals surface area contributed by atoms with Gasteiger partial charge < -0.3 is 24.7 Å². The van der Waals surface area contributed by atoms with Crippen LogP contribution in [0.25, 0.3) is 0 Å². The Bertz CT molecular complexity index is 591. The minimum atomic E-state index is 0.393. The van der Waals surface area contributed by atoms with E-state index in [0.717, 1.165) is 5.56 Å². The van der Waals surface area contributed by atoms with Gasteiger partial charge in [0.1, 0.15) is 29.6 Å². The van der Waals surface area contributed by atoms with Crippen molar-refractivity contribution < 1.29 is 18.9 Å². The van der Waals surface area contributed by atoms with Crippen LogP contribution in [0.1, 0.15) is 5.56 Å². The van der Waals surface area contributed by atoms with Crippen molar-refractivity contribution in [3.63, 3.8) is 0 Å². The first-order valence-electron chi connectivity index (χ1n) is 6.44.